The van der Waals surface area contributed by atoms with Gasteiger partial charge in [0.1, 0.15) is 0 Å². The van der Waals surface area contributed by atoms with Crippen LogP contribution in [0.15, 0.2) is 12.1 Å². The maximum absolute atomic E-state index is 2.53. The van der Waals surface area contributed by atoms with Crippen LogP contribution in [0.1, 0.15) is 86.5 Å². The topological polar surface area (TPSA) is 0 Å². The number of hydrogen-bond donors (Lipinski definition) is 0. The Kier molecular flexibility index (Phi) is 5.61. The van der Waals surface area contributed by atoms with E-state index in [1.807, 2.05) is 0 Å². The van der Waals surface area contributed by atoms with Gasteiger partial charge in [0.2, 0.25) is 0 Å². The molecule has 0 bridgehead atoms. The van der Waals surface area contributed by atoms with E-state index in [1.54, 1.807) is 22.3 Å². The van der Waals surface area contributed by atoms with Crippen LogP contribution in [0.5, 0.6) is 0 Å². The summed E-state index contributed by atoms with van der Waals surface area (Å²) < 4.78 is 0. The monoisotopic (exact) mass is 298 g/mol. The molecule has 0 saturated heterocycles. The summed E-state index contributed by atoms with van der Waals surface area (Å²) in [7, 11) is 0. The average molecular weight is 299 g/mol. The molecule has 0 aromatic heterocycles. The van der Waals surface area contributed by atoms with E-state index < -0.39 is 0 Å². The minimum absolute atomic E-state index is 0.955. The summed E-state index contributed by atoms with van der Waals surface area (Å²) in [6, 6.07) is 5.06. The highest BCUT2D eigenvalue weighted by molar-refractivity contribution is 5.37. The molecule has 122 valence electrons. The molecule has 0 unspecified atom stereocenters. The molecule has 3 rings (SSSR count). The highest BCUT2D eigenvalue weighted by Gasteiger charge is 2.18. The van der Waals surface area contributed by atoms with Gasteiger partial charge in [-0.15, -0.1) is 0 Å². The van der Waals surface area contributed by atoms with Gasteiger partial charge in [-0.3, -0.25) is 0 Å². The lowest BCUT2D eigenvalue weighted by molar-refractivity contribution is 0.354. The fourth-order valence-corrected chi connectivity index (χ4v) is 4.78. The van der Waals surface area contributed by atoms with Crippen LogP contribution in [0.2, 0.25) is 0 Å². The van der Waals surface area contributed by atoms with Crippen molar-refractivity contribution in [1.82, 2.24) is 0 Å². The van der Waals surface area contributed by atoms with Crippen LogP contribution in [-0.4, -0.2) is 0 Å². The zero-order valence-electron chi connectivity index (χ0n) is 14.8. The molecular weight excluding hydrogens is 264 g/mol. The molecule has 0 amide bonds. The van der Waals surface area contributed by atoms with Gasteiger partial charge in [0, 0.05) is 0 Å². The summed E-state index contributed by atoms with van der Waals surface area (Å²) in [5.74, 6) is 1.91. The minimum atomic E-state index is 0.955. The normalized spacial score (nSPS) is 21.2. The first-order valence-corrected chi connectivity index (χ1v) is 9.81. The predicted molar refractivity (Wildman–Crippen MR) is 96.5 cm³/mol. The molecule has 0 nitrogen and oxygen atoms in total. The second-order valence-corrected chi connectivity index (χ2v) is 8.12. The summed E-state index contributed by atoms with van der Waals surface area (Å²) in [5, 5.41) is 0. The van der Waals surface area contributed by atoms with E-state index in [2.05, 4.69) is 26.0 Å². The third-order valence-electron chi connectivity index (χ3n) is 6.26. The quantitative estimate of drug-likeness (QED) is 0.591. The van der Waals surface area contributed by atoms with E-state index >= 15 is 0 Å². The molecule has 2 aliphatic rings. The fraction of sp³-hybridized carbons (Fsp3) is 0.727. The first-order chi connectivity index (χ1) is 10.7. The molecule has 1 aromatic rings. The standard InChI is InChI=1S/C22H34/c1-17-13-22(16-20-11-7-4-8-12-20)18(2)14-21(17)15-19-9-5-3-6-10-19/h13-14,19-20H,3-12,15-16H2,1-2H3. The Balaban J connectivity index is 1.67. The molecule has 0 atom stereocenters. The molecule has 0 N–H and O–H groups in total. The lowest BCUT2D eigenvalue weighted by atomic mass is 9.81. The van der Waals surface area contributed by atoms with Crippen LogP contribution in [0, 0.1) is 25.7 Å². The van der Waals surface area contributed by atoms with Crippen molar-refractivity contribution in [3.8, 4) is 0 Å². The van der Waals surface area contributed by atoms with Crippen molar-refractivity contribution in [1.29, 1.82) is 0 Å². The van der Waals surface area contributed by atoms with Gasteiger partial charge in [0.05, 0.1) is 0 Å². The van der Waals surface area contributed by atoms with E-state index in [4.69, 9.17) is 0 Å². The summed E-state index contributed by atoms with van der Waals surface area (Å²) in [6.07, 6.45) is 17.3. The maximum Gasteiger partial charge on any atom is -0.0248 e. The van der Waals surface area contributed by atoms with Crippen molar-refractivity contribution in [2.75, 3.05) is 0 Å². The van der Waals surface area contributed by atoms with Crippen molar-refractivity contribution >= 4 is 0 Å². The van der Waals surface area contributed by atoms with E-state index in [-0.39, 0.29) is 0 Å². The van der Waals surface area contributed by atoms with Crippen molar-refractivity contribution in [2.24, 2.45) is 11.8 Å². The average Bonchev–Trinajstić information content (AvgIpc) is 2.54. The highest BCUT2D eigenvalue weighted by atomic mass is 14.2. The minimum Gasteiger partial charge on any atom is -0.0556 e. The van der Waals surface area contributed by atoms with Crippen LogP contribution >= 0.6 is 0 Å². The summed E-state index contributed by atoms with van der Waals surface area (Å²) in [5.41, 5.74) is 6.39. The third kappa shape index (κ3) is 4.15. The fourth-order valence-electron chi connectivity index (χ4n) is 4.78. The summed E-state index contributed by atoms with van der Waals surface area (Å²) >= 11 is 0. The lowest BCUT2D eigenvalue weighted by Crippen LogP contribution is -2.12. The second-order valence-electron chi connectivity index (χ2n) is 8.12. The zero-order chi connectivity index (χ0) is 15.4. The SMILES string of the molecule is Cc1cc(CC2CCCCC2)c(C)cc1CC1CCCCC1. The molecular formula is C22H34. The molecule has 0 heterocycles. The summed E-state index contributed by atoms with van der Waals surface area (Å²) in [4.78, 5) is 0. The smallest absolute Gasteiger partial charge is 0.0248 e. The van der Waals surface area contributed by atoms with Crippen molar-refractivity contribution < 1.29 is 0 Å². The van der Waals surface area contributed by atoms with Gasteiger partial charge in [0.15, 0.2) is 0 Å². The Morgan fingerprint density at radius 2 is 1.00 bits per heavy atom. The van der Waals surface area contributed by atoms with Crippen LogP contribution in [0.4, 0.5) is 0 Å². The largest absolute Gasteiger partial charge is 0.0556 e. The number of hydrogen-bond acceptors (Lipinski definition) is 0. The third-order valence-corrected chi connectivity index (χ3v) is 6.26. The van der Waals surface area contributed by atoms with Gasteiger partial charge in [-0.25, -0.2) is 0 Å². The van der Waals surface area contributed by atoms with Gasteiger partial charge in [-0.1, -0.05) is 76.3 Å². The Morgan fingerprint density at radius 1 is 0.636 bits per heavy atom. The molecule has 0 spiro atoms. The molecule has 2 saturated carbocycles. The predicted octanol–water partition coefficient (Wildman–Crippen LogP) is 6.55. The van der Waals surface area contributed by atoms with Gasteiger partial charge in [-0.2, -0.15) is 0 Å². The highest BCUT2D eigenvalue weighted by Crippen LogP contribution is 2.31. The number of aryl methyl sites for hydroxylation is 2. The first-order valence-electron chi connectivity index (χ1n) is 9.81. The van der Waals surface area contributed by atoms with Gasteiger partial charge in [-0.05, 0) is 60.8 Å². The Labute approximate surface area is 137 Å². The van der Waals surface area contributed by atoms with Crippen LogP contribution in [-0.2, 0) is 12.8 Å². The van der Waals surface area contributed by atoms with E-state index in [0.717, 1.165) is 11.8 Å². The Hall–Kier alpha value is -0.780. The Morgan fingerprint density at radius 3 is 1.36 bits per heavy atom. The molecule has 0 radical (unpaired) electrons. The van der Waals surface area contributed by atoms with Crippen LogP contribution < -0.4 is 0 Å². The molecule has 2 aliphatic carbocycles. The molecule has 22 heavy (non-hydrogen) atoms. The van der Waals surface area contributed by atoms with Crippen molar-refractivity contribution in [3.05, 3.63) is 34.4 Å². The number of benzene rings is 1. The molecule has 0 aliphatic heterocycles. The molecule has 0 heteroatoms. The van der Waals surface area contributed by atoms with Gasteiger partial charge >= 0.3 is 0 Å². The van der Waals surface area contributed by atoms with E-state index in [0.29, 0.717) is 0 Å². The van der Waals surface area contributed by atoms with Crippen molar-refractivity contribution in [3.63, 3.8) is 0 Å². The van der Waals surface area contributed by atoms with E-state index in [9.17, 15) is 0 Å². The van der Waals surface area contributed by atoms with Crippen LogP contribution in [0.3, 0.4) is 0 Å². The maximum atomic E-state index is 2.53. The number of rotatable bonds is 4. The van der Waals surface area contributed by atoms with Gasteiger partial charge < -0.3 is 0 Å². The zero-order valence-corrected chi connectivity index (χ0v) is 14.8. The molecule has 2 fully saturated rings. The summed E-state index contributed by atoms with van der Waals surface area (Å²) in [6.45, 7) is 4.70. The van der Waals surface area contributed by atoms with Crippen molar-refractivity contribution in [2.45, 2.75) is 90.9 Å². The first kappa shape index (κ1) is 16.1. The Bertz CT molecular complexity index is 427. The second kappa shape index (κ2) is 7.66. The van der Waals surface area contributed by atoms with E-state index in [1.165, 1.54) is 77.0 Å². The molecule has 1 aromatic carbocycles. The lowest BCUT2D eigenvalue weighted by Gasteiger charge is -2.25. The van der Waals surface area contributed by atoms with Crippen LogP contribution in [0.25, 0.3) is 0 Å². The van der Waals surface area contributed by atoms with Gasteiger partial charge in [0.25, 0.3) is 0 Å².